The normalized spacial score (nSPS) is 20.5. The molecule has 3 N–H and O–H groups in total. The van der Waals surface area contributed by atoms with Crippen LogP contribution in [0.2, 0.25) is 0 Å². The summed E-state index contributed by atoms with van der Waals surface area (Å²) < 4.78 is 0. The Morgan fingerprint density at radius 1 is 1.43 bits per heavy atom. The van der Waals surface area contributed by atoms with Gasteiger partial charge in [0.1, 0.15) is 11.9 Å². The fourth-order valence-corrected chi connectivity index (χ4v) is 1.56. The second kappa shape index (κ2) is 3.14. The van der Waals surface area contributed by atoms with Crippen molar-refractivity contribution in [3.63, 3.8) is 0 Å². The van der Waals surface area contributed by atoms with Crippen LogP contribution < -0.4 is 11.1 Å². The van der Waals surface area contributed by atoms with Gasteiger partial charge in [0.15, 0.2) is 0 Å². The van der Waals surface area contributed by atoms with Crippen LogP contribution in [0, 0.1) is 6.92 Å². The maximum Gasteiger partial charge on any atom is 0.343 e. The van der Waals surface area contributed by atoms with Crippen molar-refractivity contribution in [3.05, 3.63) is 35.4 Å². The smallest absolute Gasteiger partial charge is 0.343 e. The minimum Gasteiger partial charge on any atom is -0.385 e. The van der Waals surface area contributed by atoms with E-state index in [2.05, 4.69) is 10.3 Å². The number of aryl methyl sites for hydroxylation is 1. The molecule has 4 nitrogen and oxygen atoms in total. The van der Waals surface area contributed by atoms with Crippen molar-refractivity contribution in [2.24, 2.45) is 10.7 Å². The van der Waals surface area contributed by atoms with Crippen LogP contribution in [0.15, 0.2) is 29.3 Å². The molecule has 0 radical (unpaired) electrons. The first-order valence-electron chi connectivity index (χ1n) is 4.38. The van der Waals surface area contributed by atoms with Gasteiger partial charge in [0.05, 0.1) is 0 Å². The van der Waals surface area contributed by atoms with E-state index in [0.717, 1.165) is 11.1 Å². The Morgan fingerprint density at radius 3 is 2.71 bits per heavy atom. The highest BCUT2D eigenvalue weighted by Crippen LogP contribution is 2.20. The van der Waals surface area contributed by atoms with Gasteiger partial charge in [0, 0.05) is 0 Å². The third-order valence-corrected chi connectivity index (χ3v) is 2.29. The van der Waals surface area contributed by atoms with Crippen LogP contribution in [0.1, 0.15) is 17.2 Å². The standard InChI is InChI=1S/C10H11N3O/c1-6-4-2-3-5-7(6)8-9(11)13-10(14)12-8/h2-5,8H,1H3,(H3,11,12,13,14). The molecule has 4 heteroatoms. The summed E-state index contributed by atoms with van der Waals surface area (Å²) in [7, 11) is 0. The molecule has 0 aromatic heterocycles. The Bertz CT molecular complexity index is 412. The summed E-state index contributed by atoms with van der Waals surface area (Å²) >= 11 is 0. The molecule has 1 aliphatic heterocycles. The van der Waals surface area contributed by atoms with Crippen molar-refractivity contribution < 1.29 is 4.79 Å². The monoisotopic (exact) mass is 189 g/mol. The van der Waals surface area contributed by atoms with E-state index >= 15 is 0 Å². The third kappa shape index (κ3) is 1.35. The van der Waals surface area contributed by atoms with E-state index in [4.69, 9.17) is 5.73 Å². The van der Waals surface area contributed by atoms with Crippen LogP contribution in [0.5, 0.6) is 0 Å². The molecule has 0 bridgehead atoms. The molecule has 1 unspecified atom stereocenters. The van der Waals surface area contributed by atoms with Crippen LogP contribution in [-0.2, 0) is 0 Å². The predicted octanol–water partition coefficient (Wildman–Crippen LogP) is 1.12. The summed E-state index contributed by atoms with van der Waals surface area (Å²) in [5.74, 6) is 0.337. The van der Waals surface area contributed by atoms with Crippen LogP contribution >= 0.6 is 0 Å². The lowest BCUT2D eigenvalue weighted by Gasteiger charge is -2.13. The third-order valence-electron chi connectivity index (χ3n) is 2.29. The molecule has 1 heterocycles. The maximum absolute atomic E-state index is 11.0. The minimum atomic E-state index is -0.365. The number of hydrogen-bond acceptors (Lipinski definition) is 2. The summed E-state index contributed by atoms with van der Waals surface area (Å²) in [5, 5.41) is 2.69. The number of benzene rings is 1. The van der Waals surface area contributed by atoms with Gasteiger partial charge in [-0.1, -0.05) is 24.3 Å². The van der Waals surface area contributed by atoms with Gasteiger partial charge in [-0.3, -0.25) is 0 Å². The number of hydrogen-bond donors (Lipinski definition) is 2. The van der Waals surface area contributed by atoms with Crippen molar-refractivity contribution in [1.29, 1.82) is 0 Å². The van der Waals surface area contributed by atoms with Gasteiger partial charge in [0.25, 0.3) is 0 Å². The minimum absolute atomic E-state index is 0.260. The van der Waals surface area contributed by atoms with E-state index in [0.29, 0.717) is 5.84 Å². The molecular formula is C10H11N3O. The van der Waals surface area contributed by atoms with Gasteiger partial charge in [0.2, 0.25) is 0 Å². The van der Waals surface area contributed by atoms with Crippen molar-refractivity contribution in [1.82, 2.24) is 5.32 Å². The topological polar surface area (TPSA) is 67.5 Å². The molecule has 1 atom stereocenters. The van der Waals surface area contributed by atoms with Gasteiger partial charge in [-0.2, -0.15) is 4.99 Å². The molecule has 2 amide bonds. The van der Waals surface area contributed by atoms with Crippen molar-refractivity contribution in [3.8, 4) is 0 Å². The molecule has 1 aliphatic rings. The molecule has 0 saturated carbocycles. The molecule has 0 spiro atoms. The number of amides is 2. The number of amidine groups is 1. The summed E-state index contributed by atoms with van der Waals surface area (Å²) in [6.07, 6.45) is 0. The average Bonchev–Trinajstić information content (AvgIpc) is 2.46. The highest BCUT2D eigenvalue weighted by Gasteiger charge is 2.25. The number of nitrogens with two attached hydrogens (primary N) is 1. The fourth-order valence-electron chi connectivity index (χ4n) is 1.56. The van der Waals surface area contributed by atoms with E-state index in [1.54, 1.807) is 0 Å². The van der Waals surface area contributed by atoms with Crippen LogP contribution in [0.4, 0.5) is 4.79 Å². The lowest BCUT2D eigenvalue weighted by atomic mass is 10.0. The number of urea groups is 1. The maximum atomic E-state index is 11.0. The van der Waals surface area contributed by atoms with E-state index in [9.17, 15) is 4.79 Å². The molecule has 1 aromatic rings. The van der Waals surface area contributed by atoms with E-state index in [1.165, 1.54) is 0 Å². The molecule has 0 fully saturated rings. The van der Waals surface area contributed by atoms with Crippen molar-refractivity contribution >= 4 is 11.9 Å². The number of carbonyl (C=O) groups is 1. The van der Waals surface area contributed by atoms with E-state index in [1.807, 2.05) is 31.2 Å². The highest BCUT2D eigenvalue weighted by atomic mass is 16.2. The Morgan fingerprint density at radius 2 is 2.14 bits per heavy atom. The van der Waals surface area contributed by atoms with E-state index < -0.39 is 0 Å². The van der Waals surface area contributed by atoms with E-state index in [-0.39, 0.29) is 12.1 Å². The zero-order chi connectivity index (χ0) is 10.1. The van der Waals surface area contributed by atoms with Gasteiger partial charge >= 0.3 is 6.03 Å². The first kappa shape index (κ1) is 8.74. The Balaban J connectivity index is 2.38. The van der Waals surface area contributed by atoms with Crippen molar-refractivity contribution in [2.45, 2.75) is 13.0 Å². The second-order valence-corrected chi connectivity index (χ2v) is 3.28. The first-order chi connectivity index (χ1) is 6.68. The lowest BCUT2D eigenvalue weighted by Crippen LogP contribution is -2.28. The van der Waals surface area contributed by atoms with Gasteiger partial charge in [-0.05, 0) is 18.1 Å². The number of carbonyl (C=O) groups excluding carboxylic acids is 1. The molecule has 1 aromatic carbocycles. The van der Waals surface area contributed by atoms with Gasteiger partial charge in [-0.15, -0.1) is 0 Å². The largest absolute Gasteiger partial charge is 0.385 e. The van der Waals surface area contributed by atoms with Crippen LogP contribution in [0.3, 0.4) is 0 Å². The lowest BCUT2D eigenvalue weighted by molar-refractivity contribution is 0.250. The molecule has 2 rings (SSSR count). The summed E-state index contributed by atoms with van der Waals surface area (Å²) in [5.41, 5.74) is 7.73. The molecular weight excluding hydrogens is 178 g/mol. The Labute approximate surface area is 81.8 Å². The first-order valence-corrected chi connectivity index (χ1v) is 4.38. The van der Waals surface area contributed by atoms with Gasteiger partial charge < -0.3 is 11.1 Å². The number of nitrogens with one attached hydrogen (secondary N) is 1. The molecule has 72 valence electrons. The zero-order valence-corrected chi connectivity index (χ0v) is 7.82. The number of aliphatic imine (C=N–C) groups is 1. The summed E-state index contributed by atoms with van der Waals surface area (Å²) in [6, 6.07) is 7.16. The predicted molar refractivity (Wildman–Crippen MR) is 54.1 cm³/mol. The molecule has 14 heavy (non-hydrogen) atoms. The van der Waals surface area contributed by atoms with Crippen molar-refractivity contribution in [2.75, 3.05) is 0 Å². The van der Waals surface area contributed by atoms with Crippen LogP contribution in [0.25, 0.3) is 0 Å². The summed E-state index contributed by atoms with van der Waals surface area (Å²) in [6.45, 7) is 1.98. The second-order valence-electron chi connectivity index (χ2n) is 3.28. The quantitative estimate of drug-likeness (QED) is 0.695. The number of rotatable bonds is 1. The van der Waals surface area contributed by atoms with Gasteiger partial charge in [-0.25, -0.2) is 4.79 Å². The average molecular weight is 189 g/mol. The Kier molecular flexibility index (Phi) is 1.96. The highest BCUT2D eigenvalue weighted by molar-refractivity contribution is 6.03. The summed E-state index contributed by atoms with van der Waals surface area (Å²) in [4.78, 5) is 14.6. The fraction of sp³-hybridized carbons (Fsp3) is 0.200. The Hall–Kier alpha value is -1.84. The SMILES string of the molecule is Cc1ccccc1C1NC(=O)N=C1N. The number of nitrogens with zero attached hydrogens (tertiary/aromatic N) is 1. The van der Waals surface area contributed by atoms with Crippen LogP contribution in [-0.4, -0.2) is 11.9 Å². The molecule has 0 aliphatic carbocycles. The zero-order valence-electron chi connectivity index (χ0n) is 7.82. The molecule has 0 saturated heterocycles.